The number of halogens is 1. The average molecular weight is 303 g/mol. The number of rotatable bonds is 5. The number of nitrogens with two attached hydrogens (primary N) is 1. The molecule has 0 bridgehead atoms. The van der Waals surface area contributed by atoms with Crippen LogP contribution >= 0.6 is 12.4 Å². The largest absolute Gasteiger partial charge is 0.459 e. The van der Waals surface area contributed by atoms with Crippen molar-refractivity contribution in [1.29, 1.82) is 0 Å². The molecule has 1 aromatic heterocycles. The first kappa shape index (κ1) is 17.0. The molecule has 0 atom stereocenters. The normalized spacial score (nSPS) is 16.0. The van der Waals surface area contributed by atoms with Gasteiger partial charge in [-0.15, -0.1) is 12.4 Å². The number of furan rings is 1. The maximum absolute atomic E-state index is 12.2. The van der Waals surface area contributed by atoms with E-state index in [2.05, 4.69) is 0 Å². The summed E-state index contributed by atoms with van der Waals surface area (Å²) in [5.41, 5.74) is 6.33. The lowest BCUT2D eigenvalue weighted by atomic mass is 10.1. The van der Waals surface area contributed by atoms with Gasteiger partial charge in [-0.3, -0.25) is 4.79 Å². The van der Waals surface area contributed by atoms with Crippen LogP contribution in [0.2, 0.25) is 0 Å². The summed E-state index contributed by atoms with van der Waals surface area (Å²) in [6.45, 7) is 4.72. The van der Waals surface area contributed by atoms with Crippen LogP contribution in [0.1, 0.15) is 35.4 Å². The van der Waals surface area contributed by atoms with Gasteiger partial charge in [0.15, 0.2) is 5.76 Å². The number of aryl methyl sites for hydroxylation is 1. The summed E-state index contributed by atoms with van der Waals surface area (Å²) in [5.74, 6) is 0.449. The second kappa shape index (κ2) is 8.29. The molecule has 1 aliphatic rings. The number of carbonyl (C=O) groups excluding carboxylic acids is 1. The lowest BCUT2D eigenvalue weighted by molar-refractivity contribution is 0.00762. The van der Waals surface area contributed by atoms with E-state index in [1.54, 1.807) is 6.26 Å². The molecule has 1 amide bonds. The number of hydrogen-bond acceptors (Lipinski definition) is 4. The highest BCUT2D eigenvalue weighted by Gasteiger charge is 2.26. The number of carbonyl (C=O) groups is 1. The summed E-state index contributed by atoms with van der Waals surface area (Å²) in [7, 11) is 0. The third-order valence-electron chi connectivity index (χ3n) is 3.49. The fourth-order valence-corrected chi connectivity index (χ4v) is 2.29. The molecule has 0 radical (unpaired) electrons. The molecule has 1 saturated heterocycles. The molecule has 0 spiro atoms. The number of piperidine rings is 1. The van der Waals surface area contributed by atoms with Crippen molar-refractivity contribution in [2.24, 2.45) is 5.73 Å². The van der Waals surface area contributed by atoms with Crippen LogP contribution < -0.4 is 5.73 Å². The Morgan fingerprint density at radius 1 is 1.50 bits per heavy atom. The molecule has 6 heteroatoms. The molecule has 0 aliphatic carbocycles. The maximum Gasteiger partial charge on any atom is 0.289 e. The minimum atomic E-state index is -0.0112. The maximum atomic E-state index is 12.2. The lowest BCUT2D eigenvalue weighted by Gasteiger charge is -2.31. The number of ether oxygens (including phenoxy) is 1. The van der Waals surface area contributed by atoms with Crippen LogP contribution in [0.3, 0.4) is 0 Å². The van der Waals surface area contributed by atoms with Gasteiger partial charge in [0.1, 0.15) is 0 Å². The van der Waals surface area contributed by atoms with E-state index in [1.165, 1.54) is 0 Å². The molecular weight excluding hydrogens is 280 g/mol. The molecule has 114 valence electrons. The van der Waals surface area contributed by atoms with Gasteiger partial charge in [0.05, 0.1) is 12.4 Å². The molecule has 0 unspecified atom stereocenters. The minimum Gasteiger partial charge on any atom is -0.459 e. The van der Waals surface area contributed by atoms with E-state index in [-0.39, 0.29) is 24.4 Å². The van der Waals surface area contributed by atoms with Gasteiger partial charge in [-0.25, -0.2) is 0 Å². The monoisotopic (exact) mass is 302 g/mol. The standard InChI is InChI=1S/C14H22N2O3.ClH/c1-11-5-10-19-13(11)14(17)16-7-3-12(4-8-16)18-9-2-6-15;/h5,10,12H,2-4,6-9,15H2,1H3;1H. The average Bonchev–Trinajstić information content (AvgIpc) is 2.85. The minimum absolute atomic E-state index is 0. The number of likely N-dealkylation sites (tertiary alicyclic amines) is 1. The molecule has 1 aromatic rings. The number of amides is 1. The van der Waals surface area contributed by atoms with Crippen molar-refractivity contribution >= 4 is 18.3 Å². The summed E-state index contributed by atoms with van der Waals surface area (Å²) in [6, 6.07) is 1.82. The van der Waals surface area contributed by atoms with E-state index in [9.17, 15) is 4.79 Å². The first-order valence-electron chi connectivity index (χ1n) is 6.87. The summed E-state index contributed by atoms with van der Waals surface area (Å²) in [5, 5.41) is 0. The predicted octanol–water partition coefficient (Wildman–Crippen LogP) is 1.98. The molecule has 2 heterocycles. The Hall–Kier alpha value is -1.04. The fourth-order valence-electron chi connectivity index (χ4n) is 2.29. The molecule has 5 nitrogen and oxygen atoms in total. The fraction of sp³-hybridized carbons (Fsp3) is 0.643. The van der Waals surface area contributed by atoms with E-state index in [0.717, 1.165) is 37.9 Å². The van der Waals surface area contributed by atoms with Crippen LogP contribution in [0.25, 0.3) is 0 Å². The first-order chi connectivity index (χ1) is 9.22. The van der Waals surface area contributed by atoms with Crippen molar-refractivity contribution in [2.45, 2.75) is 32.3 Å². The lowest BCUT2D eigenvalue weighted by Crippen LogP contribution is -2.41. The number of hydrogen-bond donors (Lipinski definition) is 1. The Morgan fingerprint density at radius 3 is 2.75 bits per heavy atom. The van der Waals surface area contributed by atoms with Crippen LogP contribution in [-0.4, -0.2) is 43.2 Å². The van der Waals surface area contributed by atoms with Crippen molar-refractivity contribution in [2.75, 3.05) is 26.2 Å². The highest BCUT2D eigenvalue weighted by molar-refractivity contribution is 5.92. The van der Waals surface area contributed by atoms with Gasteiger partial charge >= 0.3 is 0 Å². The summed E-state index contributed by atoms with van der Waals surface area (Å²) in [6.07, 6.45) is 4.48. The van der Waals surface area contributed by atoms with E-state index < -0.39 is 0 Å². The molecule has 2 rings (SSSR count). The summed E-state index contributed by atoms with van der Waals surface area (Å²) in [4.78, 5) is 14.1. The third-order valence-corrected chi connectivity index (χ3v) is 3.49. The second-order valence-electron chi connectivity index (χ2n) is 4.94. The highest BCUT2D eigenvalue weighted by Crippen LogP contribution is 2.18. The van der Waals surface area contributed by atoms with Crippen molar-refractivity contribution < 1.29 is 13.9 Å². The Bertz CT molecular complexity index is 414. The molecular formula is C14H23ClN2O3. The Labute approximate surface area is 125 Å². The van der Waals surface area contributed by atoms with E-state index in [1.807, 2.05) is 17.9 Å². The van der Waals surface area contributed by atoms with Gasteiger partial charge in [-0.1, -0.05) is 0 Å². The zero-order valence-electron chi connectivity index (χ0n) is 11.8. The summed E-state index contributed by atoms with van der Waals surface area (Å²) < 4.78 is 11.0. The predicted molar refractivity (Wildman–Crippen MR) is 79.2 cm³/mol. The van der Waals surface area contributed by atoms with Crippen LogP contribution in [0.4, 0.5) is 0 Å². The molecule has 1 aliphatic heterocycles. The van der Waals surface area contributed by atoms with Gasteiger partial charge in [-0.2, -0.15) is 0 Å². The number of nitrogens with zero attached hydrogens (tertiary/aromatic N) is 1. The Balaban J connectivity index is 0.00000200. The molecule has 20 heavy (non-hydrogen) atoms. The van der Waals surface area contributed by atoms with Crippen LogP contribution in [0.5, 0.6) is 0 Å². The van der Waals surface area contributed by atoms with Crippen LogP contribution in [0.15, 0.2) is 16.7 Å². The Kier molecular flexibility index (Phi) is 7.05. The molecule has 0 aromatic carbocycles. The highest BCUT2D eigenvalue weighted by atomic mass is 35.5. The van der Waals surface area contributed by atoms with Gasteiger partial charge in [0.25, 0.3) is 5.91 Å². The topological polar surface area (TPSA) is 68.7 Å². The first-order valence-corrected chi connectivity index (χ1v) is 6.87. The van der Waals surface area contributed by atoms with Crippen molar-refractivity contribution in [3.05, 3.63) is 23.7 Å². The van der Waals surface area contributed by atoms with Gasteiger partial charge in [0, 0.05) is 25.3 Å². The van der Waals surface area contributed by atoms with Crippen molar-refractivity contribution in [3.8, 4) is 0 Å². The van der Waals surface area contributed by atoms with Gasteiger partial charge in [-0.05, 0) is 38.8 Å². The van der Waals surface area contributed by atoms with E-state index in [0.29, 0.717) is 18.9 Å². The Morgan fingerprint density at radius 2 is 2.20 bits per heavy atom. The van der Waals surface area contributed by atoms with E-state index >= 15 is 0 Å². The molecule has 1 fully saturated rings. The van der Waals surface area contributed by atoms with Crippen LogP contribution in [-0.2, 0) is 4.74 Å². The van der Waals surface area contributed by atoms with Gasteiger partial charge < -0.3 is 19.8 Å². The molecule has 2 N–H and O–H groups in total. The summed E-state index contributed by atoms with van der Waals surface area (Å²) >= 11 is 0. The zero-order valence-corrected chi connectivity index (χ0v) is 12.7. The third kappa shape index (κ3) is 4.23. The van der Waals surface area contributed by atoms with E-state index in [4.69, 9.17) is 14.9 Å². The SMILES string of the molecule is Cc1ccoc1C(=O)N1CCC(OCCCN)CC1.Cl. The van der Waals surface area contributed by atoms with Crippen molar-refractivity contribution in [1.82, 2.24) is 4.90 Å². The van der Waals surface area contributed by atoms with Crippen LogP contribution in [0, 0.1) is 6.92 Å². The smallest absolute Gasteiger partial charge is 0.289 e. The van der Waals surface area contributed by atoms with Crippen molar-refractivity contribution in [3.63, 3.8) is 0 Å². The quantitative estimate of drug-likeness (QED) is 0.845. The molecule has 0 saturated carbocycles. The van der Waals surface area contributed by atoms with Gasteiger partial charge in [0.2, 0.25) is 0 Å². The zero-order chi connectivity index (χ0) is 13.7. The second-order valence-corrected chi connectivity index (χ2v) is 4.94.